The topological polar surface area (TPSA) is 38.3 Å². The number of carbonyl (C=O) groups is 1. The lowest BCUT2D eigenvalue weighted by atomic mass is 10.1. The van der Waals surface area contributed by atoms with Crippen molar-refractivity contribution in [2.45, 2.75) is 6.92 Å². The highest BCUT2D eigenvalue weighted by molar-refractivity contribution is 6.32. The smallest absolute Gasteiger partial charge is 0.258 e. The Morgan fingerprint density at radius 1 is 1.24 bits per heavy atom. The van der Waals surface area contributed by atoms with E-state index in [9.17, 15) is 9.18 Å². The van der Waals surface area contributed by atoms with Gasteiger partial charge in [0, 0.05) is 16.1 Å². The van der Waals surface area contributed by atoms with Crippen LogP contribution in [0.3, 0.4) is 0 Å². The molecule has 1 N–H and O–H groups in total. The number of nitrogens with one attached hydrogen (secondary N) is 1. The number of hydrogen-bond donors (Lipinski definition) is 1. The Kier molecular flexibility index (Phi) is 4.70. The van der Waals surface area contributed by atoms with Crippen molar-refractivity contribution in [1.82, 2.24) is 0 Å². The minimum atomic E-state index is -0.651. The molecule has 2 rings (SSSR count). The van der Waals surface area contributed by atoms with Crippen molar-refractivity contribution < 1.29 is 13.9 Å². The number of anilines is 1. The molecule has 21 heavy (non-hydrogen) atoms. The van der Waals surface area contributed by atoms with Crippen molar-refractivity contribution in [2.75, 3.05) is 12.4 Å². The summed E-state index contributed by atoms with van der Waals surface area (Å²) >= 11 is 11.8. The molecule has 1 amide bonds. The highest BCUT2D eigenvalue weighted by atomic mass is 35.5. The van der Waals surface area contributed by atoms with Gasteiger partial charge in [-0.2, -0.15) is 0 Å². The van der Waals surface area contributed by atoms with E-state index in [0.717, 1.165) is 11.6 Å². The Bertz CT molecular complexity index is 704. The van der Waals surface area contributed by atoms with E-state index in [1.807, 2.05) is 0 Å². The number of halogens is 3. The molecule has 110 valence electrons. The fraction of sp³-hybridized carbons (Fsp3) is 0.133. The molecule has 0 bridgehead atoms. The van der Waals surface area contributed by atoms with Crippen molar-refractivity contribution in [1.29, 1.82) is 0 Å². The number of rotatable bonds is 3. The van der Waals surface area contributed by atoms with Crippen LogP contribution in [-0.2, 0) is 0 Å². The second-order valence-corrected chi connectivity index (χ2v) is 5.22. The average Bonchev–Trinajstić information content (AvgIpc) is 2.45. The zero-order chi connectivity index (χ0) is 15.6. The first kappa shape index (κ1) is 15.6. The molecular weight excluding hydrogens is 316 g/mol. The third-order valence-corrected chi connectivity index (χ3v) is 3.54. The standard InChI is InChI=1S/C15H12Cl2FNO2/c1-8-5-13(14(21-2)7-11(8)17)19-15(20)10-6-9(16)3-4-12(10)18/h3-7H,1-2H3,(H,19,20). The molecule has 0 aliphatic carbocycles. The van der Waals surface area contributed by atoms with Crippen molar-refractivity contribution in [2.24, 2.45) is 0 Å². The maximum atomic E-state index is 13.7. The fourth-order valence-electron chi connectivity index (χ4n) is 1.79. The minimum absolute atomic E-state index is 0.142. The molecule has 6 heteroatoms. The molecule has 0 aromatic heterocycles. The van der Waals surface area contributed by atoms with E-state index in [1.54, 1.807) is 19.1 Å². The summed E-state index contributed by atoms with van der Waals surface area (Å²) < 4.78 is 18.8. The number of methoxy groups -OCH3 is 1. The van der Waals surface area contributed by atoms with E-state index in [-0.39, 0.29) is 10.6 Å². The van der Waals surface area contributed by atoms with Crippen LogP contribution in [0.4, 0.5) is 10.1 Å². The lowest BCUT2D eigenvalue weighted by Gasteiger charge is -2.12. The summed E-state index contributed by atoms with van der Waals surface area (Å²) in [5, 5.41) is 3.38. The maximum Gasteiger partial charge on any atom is 0.258 e. The van der Waals surface area contributed by atoms with Gasteiger partial charge in [-0.1, -0.05) is 23.2 Å². The van der Waals surface area contributed by atoms with Gasteiger partial charge in [-0.15, -0.1) is 0 Å². The van der Waals surface area contributed by atoms with Crippen molar-refractivity contribution in [3.8, 4) is 5.75 Å². The predicted molar refractivity (Wildman–Crippen MR) is 82.1 cm³/mol. The van der Waals surface area contributed by atoms with Crippen LogP contribution < -0.4 is 10.1 Å². The highest BCUT2D eigenvalue weighted by Gasteiger charge is 2.15. The van der Waals surface area contributed by atoms with E-state index in [0.29, 0.717) is 16.5 Å². The van der Waals surface area contributed by atoms with E-state index < -0.39 is 11.7 Å². The van der Waals surface area contributed by atoms with E-state index in [2.05, 4.69) is 5.32 Å². The van der Waals surface area contributed by atoms with Crippen LogP contribution in [0.25, 0.3) is 0 Å². The van der Waals surface area contributed by atoms with Crippen molar-refractivity contribution in [3.05, 3.63) is 57.3 Å². The molecule has 2 aromatic rings. The van der Waals surface area contributed by atoms with Gasteiger partial charge in [0.2, 0.25) is 0 Å². The van der Waals surface area contributed by atoms with Gasteiger partial charge in [-0.05, 0) is 36.8 Å². The Balaban J connectivity index is 2.35. The Morgan fingerprint density at radius 3 is 2.62 bits per heavy atom. The molecule has 0 fully saturated rings. The number of aryl methyl sites for hydroxylation is 1. The average molecular weight is 328 g/mol. The van der Waals surface area contributed by atoms with Gasteiger partial charge < -0.3 is 10.1 Å². The van der Waals surface area contributed by atoms with Crippen LogP contribution in [0, 0.1) is 12.7 Å². The first-order valence-corrected chi connectivity index (χ1v) is 6.78. The number of carbonyl (C=O) groups excluding carboxylic acids is 1. The largest absolute Gasteiger partial charge is 0.495 e. The lowest BCUT2D eigenvalue weighted by molar-refractivity contribution is 0.102. The number of amides is 1. The summed E-state index contributed by atoms with van der Waals surface area (Å²) in [6.07, 6.45) is 0. The SMILES string of the molecule is COc1cc(Cl)c(C)cc1NC(=O)c1cc(Cl)ccc1F. The van der Waals surface area contributed by atoms with Gasteiger partial charge in [0.15, 0.2) is 0 Å². The van der Waals surface area contributed by atoms with Gasteiger partial charge in [0.1, 0.15) is 11.6 Å². The summed E-state index contributed by atoms with van der Waals surface area (Å²) in [6, 6.07) is 7.02. The molecule has 0 aliphatic heterocycles. The van der Waals surface area contributed by atoms with Crippen LogP contribution in [0.2, 0.25) is 10.0 Å². The lowest BCUT2D eigenvalue weighted by Crippen LogP contribution is -2.14. The molecule has 0 atom stereocenters. The number of benzene rings is 2. The molecule has 0 radical (unpaired) electrons. The third-order valence-electron chi connectivity index (χ3n) is 2.90. The van der Waals surface area contributed by atoms with Gasteiger partial charge in [-0.25, -0.2) is 4.39 Å². The Hall–Kier alpha value is -1.78. The van der Waals surface area contributed by atoms with E-state index >= 15 is 0 Å². The molecule has 2 aromatic carbocycles. The second kappa shape index (κ2) is 6.33. The fourth-order valence-corrected chi connectivity index (χ4v) is 2.12. The normalized spacial score (nSPS) is 10.3. The van der Waals surface area contributed by atoms with Gasteiger partial charge >= 0.3 is 0 Å². The second-order valence-electron chi connectivity index (χ2n) is 4.38. The monoisotopic (exact) mass is 327 g/mol. The van der Waals surface area contributed by atoms with Gasteiger partial charge in [-0.3, -0.25) is 4.79 Å². The van der Waals surface area contributed by atoms with Crippen LogP contribution in [0.1, 0.15) is 15.9 Å². The molecule has 0 unspecified atom stereocenters. The Morgan fingerprint density at radius 2 is 1.95 bits per heavy atom. The molecule has 3 nitrogen and oxygen atoms in total. The summed E-state index contributed by atoms with van der Waals surface area (Å²) in [7, 11) is 1.45. The number of hydrogen-bond acceptors (Lipinski definition) is 2. The molecule has 0 aliphatic rings. The maximum absolute atomic E-state index is 13.7. The van der Waals surface area contributed by atoms with E-state index in [4.69, 9.17) is 27.9 Å². The zero-order valence-electron chi connectivity index (χ0n) is 11.3. The highest BCUT2D eigenvalue weighted by Crippen LogP contribution is 2.31. The quantitative estimate of drug-likeness (QED) is 0.887. The molecule has 0 spiro atoms. The number of ether oxygens (including phenoxy) is 1. The molecule has 0 heterocycles. The van der Waals surface area contributed by atoms with Crippen LogP contribution in [0.15, 0.2) is 30.3 Å². The van der Waals surface area contributed by atoms with E-state index in [1.165, 1.54) is 19.2 Å². The molecule has 0 saturated heterocycles. The van der Waals surface area contributed by atoms with Crippen molar-refractivity contribution in [3.63, 3.8) is 0 Å². The summed E-state index contributed by atoms with van der Waals surface area (Å²) in [5.74, 6) is -0.877. The summed E-state index contributed by atoms with van der Waals surface area (Å²) in [5.41, 5.74) is 1.03. The summed E-state index contributed by atoms with van der Waals surface area (Å²) in [6.45, 7) is 1.79. The summed E-state index contributed by atoms with van der Waals surface area (Å²) in [4.78, 5) is 12.2. The third kappa shape index (κ3) is 3.46. The van der Waals surface area contributed by atoms with Crippen LogP contribution in [-0.4, -0.2) is 13.0 Å². The van der Waals surface area contributed by atoms with Crippen molar-refractivity contribution >= 4 is 34.8 Å². The van der Waals surface area contributed by atoms with Gasteiger partial charge in [0.25, 0.3) is 5.91 Å². The van der Waals surface area contributed by atoms with Crippen LogP contribution in [0.5, 0.6) is 5.75 Å². The Labute approximate surface area is 131 Å². The molecular formula is C15H12Cl2FNO2. The first-order chi connectivity index (χ1) is 9.92. The minimum Gasteiger partial charge on any atom is -0.495 e. The van der Waals surface area contributed by atoms with Gasteiger partial charge in [0.05, 0.1) is 18.4 Å². The molecule has 0 saturated carbocycles. The first-order valence-electron chi connectivity index (χ1n) is 6.03. The predicted octanol–water partition coefficient (Wildman–Crippen LogP) is 4.70. The van der Waals surface area contributed by atoms with Crippen LogP contribution >= 0.6 is 23.2 Å². The zero-order valence-corrected chi connectivity index (χ0v) is 12.8.